The van der Waals surface area contributed by atoms with Crippen LogP contribution in [-0.2, 0) is 13.5 Å². The van der Waals surface area contributed by atoms with Gasteiger partial charge in [-0.05, 0) is 30.7 Å². The van der Waals surface area contributed by atoms with Crippen LogP contribution in [0.1, 0.15) is 35.1 Å². The van der Waals surface area contributed by atoms with E-state index in [1.54, 1.807) is 6.21 Å². The number of hydrogen-bond acceptors (Lipinski definition) is 3. The Bertz CT molecular complexity index is 895. The molecule has 0 radical (unpaired) electrons. The van der Waals surface area contributed by atoms with Gasteiger partial charge in [0.05, 0.1) is 23.0 Å². The summed E-state index contributed by atoms with van der Waals surface area (Å²) in [7, 11) is 1.93. The molecule has 3 aromatic rings. The van der Waals surface area contributed by atoms with Crippen LogP contribution in [0.25, 0.3) is 10.9 Å². The Morgan fingerprint density at radius 1 is 1.29 bits per heavy atom. The number of rotatable bonds is 5. The van der Waals surface area contributed by atoms with Crippen molar-refractivity contribution in [2.45, 2.75) is 19.8 Å². The van der Waals surface area contributed by atoms with E-state index < -0.39 is 0 Å². The molecule has 0 saturated carbocycles. The third-order valence-corrected chi connectivity index (χ3v) is 3.87. The number of para-hydroxylation sites is 1. The molecule has 0 saturated heterocycles. The van der Waals surface area contributed by atoms with Gasteiger partial charge in [-0.1, -0.05) is 31.5 Å². The molecule has 24 heavy (non-hydrogen) atoms. The van der Waals surface area contributed by atoms with Crippen LogP contribution in [0, 0.1) is 0 Å². The SMILES string of the molecule is CCCc1cc(C(=O)N/N=C/c2cccn2C)c2ccccc2n1. The zero-order chi connectivity index (χ0) is 16.9. The second-order valence-electron chi connectivity index (χ2n) is 5.67. The molecule has 0 unspecified atom stereocenters. The summed E-state index contributed by atoms with van der Waals surface area (Å²) in [6, 6.07) is 13.4. The molecule has 0 bridgehead atoms. The fourth-order valence-electron chi connectivity index (χ4n) is 2.63. The van der Waals surface area contributed by atoms with Crippen LogP contribution >= 0.6 is 0 Å². The van der Waals surface area contributed by atoms with Gasteiger partial charge in [0, 0.05) is 24.3 Å². The molecule has 0 aliphatic heterocycles. The van der Waals surface area contributed by atoms with Gasteiger partial charge in [0.15, 0.2) is 0 Å². The van der Waals surface area contributed by atoms with Crippen LogP contribution in [0.15, 0.2) is 53.8 Å². The summed E-state index contributed by atoms with van der Waals surface area (Å²) in [6.07, 6.45) is 5.39. The monoisotopic (exact) mass is 320 g/mol. The summed E-state index contributed by atoms with van der Waals surface area (Å²) in [5, 5.41) is 4.90. The summed E-state index contributed by atoms with van der Waals surface area (Å²) >= 11 is 0. The Morgan fingerprint density at radius 3 is 2.88 bits per heavy atom. The van der Waals surface area contributed by atoms with E-state index in [1.807, 2.05) is 60.3 Å². The Balaban J connectivity index is 1.88. The molecule has 1 amide bonds. The maximum atomic E-state index is 12.6. The van der Waals surface area contributed by atoms with Crippen molar-refractivity contribution in [2.75, 3.05) is 0 Å². The molecule has 2 aromatic heterocycles. The molecule has 3 rings (SSSR count). The summed E-state index contributed by atoms with van der Waals surface area (Å²) in [5.74, 6) is -0.226. The van der Waals surface area contributed by atoms with Crippen molar-refractivity contribution in [3.63, 3.8) is 0 Å². The molecule has 1 N–H and O–H groups in total. The first-order chi connectivity index (χ1) is 11.7. The van der Waals surface area contributed by atoms with Crippen molar-refractivity contribution in [3.8, 4) is 0 Å². The molecular formula is C19H20N4O. The lowest BCUT2D eigenvalue weighted by molar-refractivity contribution is 0.0956. The fourth-order valence-corrected chi connectivity index (χ4v) is 2.63. The number of benzene rings is 1. The fraction of sp³-hybridized carbons (Fsp3) is 0.211. The molecule has 1 aromatic carbocycles. The molecule has 122 valence electrons. The van der Waals surface area contributed by atoms with Gasteiger partial charge in [-0.15, -0.1) is 0 Å². The molecule has 0 aliphatic rings. The third kappa shape index (κ3) is 3.35. The van der Waals surface area contributed by atoms with Gasteiger partial charge in [-0.3, -0.25) is 9.78 Å². The number of aromatic nitrogens is 2. The lowest BCUT2D eigenvalue weighted by atomic mass is 10.1. The highest BCUT2D eigenvalue weighted by Gasteiger charge is 2.12. The van der Waals surface area contributed by atoms with E-state index in [0.29, 0.717) is 5.56 Å². The normalized spacial score (nSPS) is 11.2. The molecule has 0 aliphatic carbocycles. The van der Waals surface area contributed by atoms with Crippen LogP contribution in [-0.4, -0.2) is 21.7 Å². The van der Waals surface area contributed by atoms with E-state index in [4.69, 9.17) is 0 Å². The summed E-state index contributed by atoms with van der Waals surface area (Å²) in [6.45, 7) is 2.10. The Morgan fingerprint density at radius 2 is 2.12 bits per heavy atom. The van der Waals surface area contributed by atoms with Crippen molar-refractivity contribution in [2.24, 2.45) is 12.1 Å². The number of aryl methyl sites for hydroxylation is 2. The molecule has 0 spiro atoms. The molecule has 2 heterocycles. The van der Waals surface area contributed by atoms with Crippen LogP contribution in [0.4, 0.5) is 0 Å². The first kappa shape index (κ1) is 15.9. The predicted molar refractivity (Wildman–Crippen MR) is 96.2 cm³/mol. The van der Waals surface area contributed by atoms with E-state index in [2.05, 4.69) is 22.4 Å². The van der Waals surface area contributed by atoms with Gasteiger partial charge in [-0.25, -0.2) is 5.43 Å². The summed E-state index contributed by atoms with van der Waals surface area (Å²) < 4.78 is 1.93. The molecular weight excluding hydrogens is 300 g/mol. The quantitative estimate of drug-likeness (QED) is 0.579. The van der Waals surface area contributed by atoms with Gasteiger partial charge in [-0.2, -0.15) is 5.10 Å². The molecule has 0 atom stereocenters. The highest BCUT2D eigenvalue weighted by atomic mass is 16.2. The van der Waals surface area contributed by atoms with Crippen LogP contribution in [0.2, 0.25) is 0 Å². The summed E-state index contributed by atoms with van der Waals surface area (Å²) in [4.78, 5) is 17.2. The topological polar surface area (TPSA) is 59.3 Å². The number of hydrogen-bond donors (Lipinski definition) is 1. The van der Waals surface area contributed by atoms with E-state index in [9.17, 15) is 4.79 Å². The highest BCUT2D eigenvalue weighted by molar-refractivity contribution is 6.06. The van der Waals surface area contributed by atoms with Crippen molar-refractivity contribution in [1.82, 2.24) is 15.0 Å². The standard InChI is InChI=1S/C19H20N4O/c1-3-7-14-12-17(16-9-4-5-10-18(16)21-14)19(24)22-20-13-15-8-6-11-23(15)2/h4-6,8-13H,3,7H2,1-2H3,(H,22,24)/b20-13+. The second kappa shape index (κ2) is 7.08. The van der Waals surface area contributed by atoms with E-state index in [-0.39, 0.29) is 5.91 Å². The number of nitrogens with zero attached hydrogens (tertiary/aromatic N) is 3. The van der Waals surface area contributed by atoms with Crippen molar-refractivity contribution in [3.05, 3.63) is 65.6 Å². The number of carbonyl (C=O) groups is 1. The average molecular weight is 320 g/mol. The van der Waals surface area contributed by atoms with Gasteiger partial charge in [0.25, 0.3) is 5.91 Å². The highest BCUT2D eigenvalue weighted by Crippen LogP contribution is 2.19. The van der Waals surface area contributed by atoms with E-state index >= 15 is 0 Å². The number of nitrogens with one attached hydrogen (secondary N) is 1. The van der Waals surface area contributed by atoms with E-state index in [1.165, 1.54) is 0 Å². The van der Waals surface area contributed by atoms with Crippen molar-refractivity contribution >= 4 is 23.0 Å². The number of amides is 1. The largest absolute Gasteiger partial charge is 0.350 e. The van der Waals surface area contributed by atoms with Gasteiger partial charge >= 0.3 is 0 Å². The zero-order valence-corrected chi connectivity index (χ0v) is 13.9. The number of hydrazone groups is 1. The first-order valence-corrected chi connectivity index (χ1v) is 8.02. The minimum atomic E-state index is -0.226. The third-order valence-electron chi connectivity index (χ3n) is 3.87. The molecule has 0 fully saturated rings. The van der Waals surface area contributed by atoms with Crippen LogP contribution < -0.4 is 5.43 Å². The maximum Gasteiger partial charge on any atom is 0.272 e. The molecule has 5 heteroatoms. The first-order valence-electron chi connectivity index (χ1n) is 8.02. The number of carbonyl (C=O) groups excluding carboxylic acids is 1. The Labute approximate surface area is 141 Å². The van der Waals surface area contributed by atoms with Gasteiger partial charge < -0.3 is 4.57 Å². The van der Waals surface area contributed by atoms with Gasteiger partial charge in [0.2, 0.25) is 0 Å². The van der Waals surface area contributed by atoms with Gasteiger partial charge in [0.1, 0.15) is 0 Å². The number of fused-ring (bicyclic) bond motifs is 1. The molecule has 5 nitrogen and oxygen atoms in total. The van der Waals surface area contributed by atoms with Crippen molar-refractivity contribution in [1.29, 1.82) is 0 Å². The minimum absolute atomic E-state index is 0.226. The smallest absolute Gasteiger partial charge is 0.272 e. The Hall–Kier alpha value is -2.95. The van der Waals surface area contributed by atoms with Crippen LogP contribution in [0.3, 0.4) is 0 Å². The maximum absolute atomic E-state index is 12.6. The number of pyridine rings is 1. The zero-order valence-electron chi connectivity index (χ0n) is 13.9. The lowest BCUT2D eigenvalue weighted by Crippen LogP contribution is -2.19. The van der Waals surface area contributed by atoms with Crippen LogP contribution in [0.5, 0.6) is 0 Å². The van der Waals surface area contributed by atoms with Crippen molar-refractivity contribution < 1.29 is 4.79 Å². The van der Waals surface area contributed by atoms with E-state index in [0.717, 1.165) is 35.1 Å². The lowest BCUT2D eigenvalue weighted by Gasteiger charge is -2.08. The minimum Gasteiger partial charge on any atom is -0.350 e. The Kier molecular flexibility index (Phi) is 4.70. The average Bonchev–Trinajstić information content (AvgIpc) is 2.99. The summed E-state index contributed by atoms with van der Waals surface area (Å²) in [5.41, 5.74) is 5.90. The predicted octanol–water partition coefficient (Wildman–Crippen LogP) is 3.29. The second-order valence-corrected chi connectivity index (χ2v) is 5.67.